The third-order valence-electron chi connectivity index (χ3n) is 4.61. The van der Waals surface area contributed by atoms with Crippen molar-refractivity contribution in [3.63, 3.8) is 0 Å². The van der Waals surface area contributed by atoms with Crippen molar-refractivity contribution >= 4 is 5.97 Å². The third kappa shape index (κ3) is 2.92. The molecule has 2 aliphatic heterocycles. The van der Waals surface area contributed by atoms with Crippen molar-refractivity contribution in [1.29, 1.82) is 0 Å². The second-order valence-electron chi connectivity index (χ2n) is 6.24. The Morgan fingerprint density at radius 3 is 3.00 bits per heavy atom. The maximum atomic E-state index is 11.2. The van der Waals surface area contributed by atoms with Gasteiger partial charge in [-0.1, -0.05) is 6.07 Å². The minimum atomic E-state index is -0.779. The molecule has 4 rings (SSSR count). The Kier molecular flexibility index (Phi) is 3.81. The lowest BCUT2D eigenvalue weighted by atomic mass is 9.91. The maximum Gasteiger partial charge on any atom is 0.303 e. The topological polar surface area (TPSA) is 101 Å². The lowest BCUT2D eigenvalue weighted by Crippen LogP contribution is -2.20. The number of hydrogen-bond acceptors (Lipinski definition) is 6. The number of aromatic amines is 1. The van der Waals surface area contributed by atoms with Crippen LogP contribution in [-0.2, 0) is 11.3 Å². The minimum Gasteiger partial charge on any atom is -0.481 e. The molecule has 8 nitrogen and oxygen atoms in total. The lowest BCUT2D eigenvalue weighted by molar-refractivity contribution is -0.138. The fourth-order valence-electron chi connectivity index (χ4n) is 3.54. The number of likely N-dealkylation sites (tertiary alicyclic amines) is 1. The fraction of sp³-hybridized carbons (Fsp3) is 0.438. The summed E-state index contributed by atoms with van der Waals surface area (Å²) in [6.07, 6.45) is 1.82. The monoisotopic (exact) mass is 330 g/mol. The molecular weight excluding hydrogens is 312 g/mol. The van der Waals surface area contributed by atoms with E-state index in [4.69, 9.17) is 9.47 Å². The molecule has 8 heteroatoms. The molecule has 0 radical (unpaired) electrons. The Morgan fingerprint density at radius 2 is 2.21 bits per heavy atom. The Balaban J connectivity index is 1.49. The van der Waals surface area contributed by atoms with Gasteiger partial charge in [-0.3, -0.25) is 9.69 Å². The third-order valence-corrected chi connectivity index (χ3v) is 4.61. The van der Waals surface area contributed by atoms with E-state index in [1.807, 2.05) is 18.2 Å². The van der Waals surface area contributed by atoms with Crippen molar-refractivity contribution in [2.75, 3.05) is 19.9 Å². The van der Waals surface area contributed by atoms with Crippen molar-refractivity contribution < 1.29 is 19.4 Å². The van der Waals surface area contributed by atoms with E-state index in [0.29, 0.717) is 0 Å². The first kappa shape index (κ1) is 14.9. The van der Waals surface area contributed by atoms with Crippen LogP contribution in [0.1, 0.15) is 23.6 Å². The smallest absolute Gasteiger partial charge is 0.303 e. The molecule has 0 amide bonds. The highest BCUT2D eigenvalue weighted by Gasteiger charge is 2.36. The molecule has 0 spiro atoms. The number of rotatable bonds is 5. The average Bonchev–Trinajstić information content (AvgIpc) is 3.26. The molecule has 0 bridgehead atoms. The summed E-state index contributed by atoms with van der Waals surface area (Å²) in [5.74, 6) is 0.861. The first-order valence-corrected chi connectivity index (χ1v) is 7.87. The number of ether oxygens (including phenoxy) is 2. The summed E-state index contributed by atoms with van der Waals surface area (Å²) in [7, 11) is 0. The van der Waals surface area contributed by atoms with Gasteiger partial charge in [0, 0.05) is 25.6 Å². The number of aromatic nitrogens is 3. The molecule has 0 aliphatic carbocycles. The average molecular weight is 330 g/mol. The molecule has 1 aromatic carbocycles. The zero-order valence-corrected chi connectivity index (χ0v) is 13.0. The highest BCUT2D eigenvalue weighted by atomic mass is 16.7. The van der Waals surface area contributed by atoms with E-state index in [1.54, 1.807) is 6.20 Å². The SMILES string of the molecule is O=C(O)C[C@H]1CN(Cc2ccc3c(c2)OCO3)C[C@H]1c1cn[nH]n1. The predicted molar refractivity (Wildman–Crippen MR) is 82.7 cm³/mol. The molecule has 1 saturated heterocycles. The van der Waals surface area contributed by atoms with Crippen LogP contribution in [0.25, 0.3) is 0 Å². The van der Waals surface area contributed by atoms with E-state index < -0.39 is 5.97 Å². The van der Waals surface area contributed by atoms with E-state index in [2.05, 4.69) is 20.3 Å². The van der Waals surface area contributed by atoms with Crippen molar-refractivity contribution in [3.05, 3.63) is 35.7 Å². The van der Waals surface area contributed by atoms with Crippen LogP contribution >= 0.6 is 0 Å². The summed E-state index contributed by atoms with van der Waals surface area (Å²) in [5, 5.41) is 19.8. The van der Waals surface area contributed by atoms with Crippen LogP contribution in [0.5, 0.6) is 11.5 Å². The predicted octanol–water partition coefficient (Wildman–Crippen LogP) is 1.22. The summed E-state index contributed by atoms with van der Waals surface area (Å²) in [4.78, 5) is 13.4. The lowest BCUT2D eigenvalue weighted by Gasteiger charge is -2.15. The number of benzene rings is 1. The summed E-state index contributed by atoms with van der Waals surface area (Å²) in [6, 6.07) is 5.92. The van der Waals surface area contributed by atoms with Gasteiger partial charge in [-0.25, -0.2) is 0 Å². The summed E-state index contributed by atoms with van der Waals surface area (Å²) >= 11 is 0. The van der Waals surface area contributed by atoms with E-state index in [9.17, 15) is 9.90 Å². The largest absolute Gasteiger partial charge is 0.481 e. The van der Waals surface area contributed by atoms with E-state index in [1.165, 1.54) is 0 Å². The van der Waals surface area contributed by atoms with Crippen molar-refractivity contribution in [2.45, 2.75) is 18.9 Å². The van der Waals surface area contributed by atoms with Crippen molar-refractivity contribution in [1.82, 2.24) is 20.3 Å². The van der Waals surface area contributed by atoms with Crippen LogP contribution in [0.4, 0.5) is 0 Å². The number of carbonyl (C=O) groups is 1. The Morgan fingerprint density at radius 1 is 1.33 bits per heavy atom. The normalized spacial score (nSPS) is 22.8. The molecule has 2 atom stereocenters. The van der Waals surface area contributed by atoms with Gasteiger partial charge in [0.05, 0.1) is 18.3 Å². The summed E-state index contributed by atoms with van der Waals surface area (Å²) < 4.78 is 10.7. The Hall–Kier alpha value is -2.61. The van der Waals surface area contributed by atoms with E-state index in [0.717, 1.165) is 42.4 Å². The van der Waals surface area contributed by atoms with E-state index in [-0.39, 0.29) is 25.0 Å². The van der Waals surface area contributed by atoms with Gasteiger partial charge in [-0.2, -0.15) is 15.4 Å². The first-order chi connectivity index (χ1) is 11.7. The second-order valence-corrected chi connectivity index (χ2v) is 6.24. The Labute approximate surface area is 138 Å². The molecule has 126 valence electrons. The van der Waals surface area contributed by atoms with Gasteiger partial charge >= 0.3 is 5.97 Å². The van der Waals surface area contributed by atoms with Crippen molar-refractivity contribution in [3.8, 4) is 11.5 Å². The minimum absolute atomic E-state index is 0.0293. The van der Waals surface area contributed by atoms with Gasteiger partial charge in [-0.05, 0) is 23.6 Å². The second kappa shape index (κ2) is 6.12. The molecule has 0 saturated carbocycles. The van der Waals surface area contributed by atoms with Gasteiger partial charge in [-0.15, -0.1) is 0 Å². The van der Waals surface area contributed by atoms with Gasteiger partial charge < -0.3 is 14.6 Å². The summed E-state index contributed by atoms with van der Waals surface area (Å²) in [6.45, 7) is 2.48. The molecule has 24 heavy (non-hydrogen) atoms. The van der Waals surface area contributed by atoms with Crippen LogP contribution in [0.15, 0.2) is 24.4 Å². The molecule has 2 aromatic rings. The molecule has 3 heterocycles. The van der Waals surface area contributed by atoms with E-state index >= 15 is 0 Å². The van der Waals surface area contributed by atoms with Crippen LogP contribution in [0, 0.1) is 5.92 Å². The summed E-state index contributed by atoms with van der Waals surface area (Å²) in [5.41, 5.74) is 1.95. The zero-order valence-electron chi connectivity index (χ0n) is 13.0. The van der Waals surface area contributed by atoms with Crippen LogP contribution in [-0.4, -0.2) is 51.3 Å². The number of carboxylic acids is 1. The van der Waals surface area contributed by atoms with Crippen molar-refractivity contribution in [2.24, 2.45) is 5.92 Å². The molecule has 0 unspecified atom stereocenters. The molecule has 1 aromatic heterocycles. The van der Waals surface area contributed by atoms with Crippen LogP contribution < -0.4 is 9.47 Å². The van der Waals surface area contributed by atoms with Gasteiger partial charge in [0.15, 0.2) is 11.5 Å². The molecule has 2 aliphatic rings. The fourth-order valence-corrected chi connectivity index (χ4v) is 3.54. The van der Waals surface area contributed by atoms with Gasteiger partial charge in [0.2, 0.25) is 6.79 Å². The number of fused-ring (bicyclic) bond motifs is 1. The first-order valence-electron chi connectivity index (χ1n) is 7.87. The zero-order chi connectivity index (χ0) is 16.5. The molecule has 2 N–H and O–H groups in total. The molecular formula is C16H18N4O4. The number of hydrogen-bond donors (Lipinski definition) is 2. The Bertz CT molecular complexity index is 734. The quantitative estimate of drug-likeness (QED) is 0.850. The van der Waals surface area contributed by atoms with Crippen LogP contribution in [0.3, 0.4) is 0 Å². The number of aliphatic carboxylic acids is 1. The number of nitrogens with zero attached hydrogens (tertiary/aromatic N) is 3. The maximum absolute atomic E-state index is 11.2. The highest BCUT2D eigenvalue weighted by Crippen LogP contribution is 2.36. The highest BCUT2D eigenvalue weighted by molar-refractivity contribution is 5.67. The van der Waals surface area contributed by atoms with Crippen LogP contribution in [0.2, 0.25) is 0 Å². The molecule has 1 fully saturated rings. The van der Waals surface area contributed by atoms with Gasteiger partial charge in [0.1, 0.15) is 0 Å². The van der Waals surface area contributed by atoms with Gasteiger partial charge in [0.25, 0.3) is 0 Å². The number of H-pyrrole nitrogens is 1. The number of nitrogens with one attached hydrogen (secondary N) is 1. The number of carboxylic acid groups (broad SMARTS) is 1. The standard InChI is InChI=1S/C16H18N4O4/c21-16(22)4-11-7-20(8-12(11)13-5-17-19-18-13)6-10-1-2-14-15(3-10)24-9-23-14/h1-3,5,11-12H,4,6-9H2,(H,21,22)(H,17,18,19)/t11-,12+/m0/s1.